The third kappa shape index (κ3) is 2.92. The highest BCUT2D eigenvalue weighted by Gasteiger charge is 2.16. The van der Waals surface area contributed by atoms with E-state index in [0.717, 1.165) is 5.75 Å². The zero-order chi connectivity index (χ0) is 12.1. The summed E-state index contributed by atoms with van der Waals surface area (Å²) in [6, 6.07) is 4.67. The number of benzene rings is 1. The van der Waals surface area contributed by atoms with E-state index in [1.165, 1.54) is 13.2 Å². The molecule has 88 valence electrons. The Kier molecular flexibility index (Phi) is 4.68. The molecule has 0 heterocycles. The van der Waals surface area contributed by atoms with Crippen LogP contribution in [0.25, 0.3) is 0 Å². The first-order valence-electron chi connectivity index (χ1n) is 5.13. The van der Waals surface area contributed by atoms with Crippen molar-refractivity contribution < 1.29 is 14.6 Å². The summed E-state index contributed by atoms with van der Waals surface area (Å²) in [7, 11) is 1.47. The van der Waals surface area contributed by atoms with Crippen molar-refractivity contribution in [1.29, 1.82) is 0 Å². The molecule has 0 fully saturated rings. The lowest BCUT2D eigenvalue weighted by molar-refractivity contribution is 0.0993. The maximum Gasteiger partial charge on any atom is 0.175 e. The van der Waals surface area contributed by atoms with Gasteiger partial charge in [-0.1, -0.05) is 6.92 Å². The molecule has 1 atom stereocenters. The van der Waals surface area contributed by atoms with Gasteiger partial charge in [0, 0.05) is 5.56 Å². The van der Waals surface area contributed by atoms with Crippen LogP contribution in [0.4, 0.5) is 0 Å². The Morgan fingerprint density at radius 3 is 2.81 bits per heavy atom. The zero-order valence-corrected chi connectivity index (χ0v) is 10.5. The number of carbonyl (C=O) groups excluding carboxylic acids is 1. The Bertz CT molecular complexity index is 377. The van der Waals surface area contributed by atoms with Crippen LogP contribution in [-0.4, -0.2) is 29.0 Å². The van der Waals surface area contributed by atoms with E-state index >= 15 is 0 Å². The number of ketones is 1. The van der Waals surface area contributed by atoms with Gasteiger partial charge in [-0.3, -0.25) is 4.79 Å². The molecular weight excluding hydrogens is 224 g/mol. The molecule has 1 aromatic carbocycles. The van der Waals surface area contributed by atoms with Crippen LogP contribution in [0.5, 0.6) is 11.5 Å². The van der Waals surface area contributed by atoms with Gasteiger partial charge >= 0.3 is 0 Å². The first-order chi connectivity index (χ1) is 7.60. The van der Waals surface area contributed by atoms with Crippen molar-refractivity contribution in [3.8, 4) is 11.5 Å². The van der Waals surface area contributed by atoms with E-state index in [9.17, 15) is 9.90 Å². The molecule has 0 saturated heterocycles. The van der Waals surface area contributed by atoms with Gasteiger partial charge in [0.25, 0.3) is 0 Å². The van der Waals surface area contributed by atoms with Crippen LogP contribution >= 0.6 is 11.8 Å². The van der Waals surface area contributed by atoms with Gasteiger partial charge < -0.3 is 9.84 Å². The Morgan fingerprint density at radius 2 is 2.25 bits per heavy atom. The van der Waals surface area contributed by atoms with Crippen molar-refractivity contribution >= 4 is 17.5 Å². The van der Waals surface area contributed by atoms with E-state index in [1.54, 1.807) is 23.9 Å². The fraction of sp³-hybridized carbons (Fsp3) is 0.417. The molecule has 4 heteroatoms. The molecule has 0 aliphatic heterocycles. The van der Waals surface area contributed by atoms with Crippen LogP contribution in [0.15, 0.2) is 18.2 Å². The number of Topliss-reactive ketones (excluding diaryl/α,β-unsaturated/α-hetero) is 1. The number of hydrogen-bond donors (Lipinski definition) is 1. The van der Waals surface area contributed by atoms with Gasteiger partial charge in [0.2, 0.25) is 0 Å². The summed E-state index contributed by atoms with van der Waals surface area (Å²) in [4.78, 5) is 12.0. The number of rotatable bonds is 5. The minimum atomic E-state index is -0.0701. The molecule has 16 heavy (non-hydrogen) atoms. The minimum Gasteiger partial charge on any atom is -0.504 e. The van der Waals surface area contributed by atoms with Gasteiger partial charge in [-0.2, -0.15) is 11.8 Å². The largest absolute Gasteiger partial charge is 0.504 e. The lowest BCUT2D eigenvalue weighted by Crippen LogP contribution is -2.13. The van der Waals surface area contributed by atoms with E-state index in [-0.39, 0.29) is 16.8 Å². The molecular formula is C12H16O3S. The van der Waals surface area contributed by atoms with Gasteiger partial charge in [0.1, 0.15) is 0 Å². The molecule has 1 aromatic rings. The van der Waals surface area contributed by atoms with E-state index in [4.69, 9.17) is 4.74 Å². The van der Waals surface area contributed by atoms with Crippen LogP contribution in [0.2, 0.25) is 0 Å². The Morgan fingerprint density at radius 1 is 1.56 bits per heavy atom. The molecule has 0 unspecified atom stereocenters. The average molecular weight is 240 g/mol. The molecule has 0 amide bonds. The molecule has 0 spiro atoms. The number of phenols is 1. The number of hydrogen-bond acceptors (Lipinski definition) is 4. The number of ether oxygens (including phenoxy) is 1. The van der Waals surface area contributed by atoms with Gasteiger partial charge in [-0.05, 0) is 30.9 Å². The third-order valence-corrected chi connectivity index (χ3v) is 3.30. The first kappa shape index (κ1) is 12.9. The van der Waals surface area contributed by atoms with Crippen LogP contribution in [0.3, 0.4) is 0 Å². The smallest absolute Gasteiger partial charge is 0.175 e. The summed E-state index contributed by atoms with van der Waals surface area (Å²) < 4.78 is 4.97. The van der Waals surface area contributed by atoms with Crippen molar-refractivity contribution in [1.82, 2.24) is 0 Å². The van der Waals surface area contributed by atoms with E-state index < -0.39 is 0 Å². The number of phenolic OH excluding ortho intramolecular Hbond substituents is 1. The quantitative estimate of drug-likeness (QED) is 0.804. The van der Waals surface area contributed by atoms with E-state index in [1.807, 2.05) is 13.8 Å². The number of carbonyl (C=O) groups is 1. The average Bonchev–Trinajstić information content (AvgIpc) is 2.29. The van der Waals surface area contributed by atoms with Crippen molar-refractivity contribution in [2.45, 2.75) is 19.1 Å². The fourth-order valence-electron chi connectivity index (χ4n) is 1.39. The summed E-state index contributed by atoms with van der Waals surface area (Å²) in [5.74, 6) is 1.35. The monoisotopic (exact) mass is 240 g/mol. The highest BCUT2D eigenvalue weighted by Crippen LogP contribution is 2.27. The maximum absolute atomic E-state index is 12.0. The summed E-state index contributed by atoms with van der Waals surface area (Å²) in [5, 5.41) is 9.35. The van der Waals surface area contributed by atoms with Gasteiger partial charge in [0.15, 0.2) is 17.3 Å². The summed E-state index contributed by atoms with van der Waals surface area (Å²) in [6.45, 7) is 3.90. The number of thioether (sulfide) groups is 1. The predicted molar refractivity (Wildman–Crippen MR) is 66.6 cm³/mol. The van der Waals surface area contributed by atoms with Crippen molar-refractivity contribution in [3.63, 3.8) is 0 Å². The van der Waals surface area contributed by atoms with Crippen molar-refractivity contribution in [2.75, 3.05) is 12.9 Å². The molecule has 0 bridgehead atoms. The fourth-order valence-corrected chi connectivity index (χ4v) is 2.18. The van der Waals surface area contributed by atoms with Crippen LogP contribution in [0.1, 0.15) is 24.2 Å². The molecule has 3 nitrogen and oxygen atoms in total. The van der Waals surface area contributed by atoms with E-state index in [2.05, 4.69) is 0 Å². The zero-order valence-electron chi connectivity index (χ0n) is 9.69. The molecule has 0 aliphatic rings. The highest BCUT2D eigenvalue weighted by atomic mass is 32.2. The molecule has 0 radical (unpaired) electrons. The third-order valence-electron chi connectivity index (χ3n) is 2.25. The molecule has 0 saturated carbocycles. The Labute approximate surface area is 99.8 Å². The van der Waals surface area contributed by atoms with Gasteiger partial charge in [-0.25, -0.2) is 0 Å². The Hall–Kier alpha value is -1.16. The van der Waals surface area contributed by atoms with Crippen LogP contribution in [-0.2, 0) is 0 Å². The topological polar surface area (TPSA) is 46.5 Å². The number of aromatic hydroxyl groups is 1. The van der Waals surface area contributed by atoms with Crippen molar-refractivity contribution in [2.24, 2.45) is 0 Å². The molecule has 1 N–H and O–H groups in total. The molecule has 0 aromatic heterocycles. The first-order valence-corrected chi connectivity index (χ1v) is 6.17. The van der Waals surface area contributed by atoms with Crippen molar-refractivity contribution in [3.05, 3.63) is 23.8 Å². The van der Waals surface area contributed by atoms with Gasteiger partial charge in [-0.15, -0.1) is 0 Å². The normalized spacial score (nSPS) is 12.2. The SMILES string of the molecule is CCS[C@@H](C)C(=O)c1ccc(O)c(OC)c1. The Balaban J connectivity index is 2.92. The van der Waals surface area contributed by atoms with E-state index in [0.29, 0.717) is 11.3 Å². The number of methoxy groups -OCH3 is 1. The second-order valence-electron chi connectivity index (χ2n) is 3.35. The minimum absolute atomic E-state index is 0.0508. The summed E-state index contributed by atoms with van der Waals surface area (Å²) in [5.41, 5.74) is 0.572. The highest BCUT2D eigenvalue weighted by molar-refractivity contribution is 8.00. The van der Waals surface area contributed by atoms with Gasteiger partial charge in [0.05, 0.1) is 12.4 Å². The lowest BCUT2D eigenvalue weighted by Gasteiger charge is -2.10. The standard InChI is InChI=1S/C12H16O3S/c1-4-16-8(2)12(14)9-5-6-10(13)11(7-9)15-3/h5-8,13H,4H2,1-3H3/t8-/m0/s1. The molecule has 1 rings (SSSR count). The maximum atomic E-state index is 12.0. The molecule has 0 aliphatic carbocycles. The van der Waals surface area contributed by atoms with Crippen LogP contribution in [0, 0.1) is 0 Å². The van der Waals surface area contributed by atoms with Crippen LogP contribution < -0.4 is 4.74 Å². The second-order valence-corrected chi connectivity index (χ2v) is 4.97. The lowest BCUT2D eigenvalue weighted by atomic mass is 10.1. The summed E-state index contributed by atoms with van der Waals surface area (Å²) >= 11 is 1.60. The predicted octanol–water partition coefficient (Wildman–Crippen LogP) is 2.73. The second kappa shape index (κ2) is 5.80. The summed E-state index contributed by atoms with van der Waals surface area (Å²) in [6.07, 6.45) is 0.